The van der Waals surface area contributed by atoms with Gasteiger partial charge in [-0.05, 0) is 25.5 Å². The van der Waals surface area contributed by atoms with Gasteiger partial charge in [-0.3, -0.25) is 0 Å². The standard InChI is InChI=1S/C14H22N2O/c1-3-16(8-12-9-17-10-13(12)15)14-7-5-4-6-11(14)2/h4-7,12-13H,3,8-10,15H2,1-2H3. The number of nitrogens with zero attached hydrogens (tertiary/aromatic N) is 1. The van der Waals surface area contributed by atoms with Crippen LogP contribution >= 0.6 is 0 Å². The molecule has 2 atom stereocenters. The van der Waals surface area contributed by atoms with E-state index in [-0.39, 0.29) is 6.04 Å². The molecule has 1 aliphatic heterocycles. The third-order valence-corrected chi connectivity index (χ3v) is 3.54. The summed E-state index contributed by atoms with van der Waals surface area (Å²) < 4.78 is 5.43. The highest BCUT2D eigenvalue weighted by atomic mass is 16.5. The smallest absolute Gasteiger partial charge is 0.0621 e. The minimum Gasteiger partial charge on any atom is -0.379 e. The lowest BCUT2D eigenvalue weighted by Crippen LogP contribution is -2.38. The molecule has 3 heteroatoms. The van der Waals surface area contributed by atoms with E-state index in [9.17, 15) is 0 Å². The zero-order valence-corrected chi connectivity index (χ0v) is 10.7. The van der Waals surface area contributed by atoms with Gasteiger partial charge in [-0.15, -0.1) is 0 Å². The molecule has 2 unspecified atom stereocenters. The van der Waals surface area contributed by atoms with E-state index in [0.717, 1.165) is 19.7 Å². The van der Waals surface area contributed by atoms with E-state index in [1.165, 1.54) is 11.3 Å². The monoisotopic (exact) mass is 234 g/mol. The maximum Gasteiger partial charge on any atom is 0.0621 e. The lowest BCUT2D eigenvalue weighted by molar-refractivity contribution is 0.185. The molecule has 0 radical (unpaired) electrons. The Labute approximate surface area is 104 Å². The fourth-order valence-electron chi connectivity index (χ4n) is 2.40. The van der Waals surface area contributed by atoms with Crippen molar-refractivity contribution in [3.05, 3.63) is 29.8 Å². The predicted molar refractivity (Wildman–Crippen MR) is 71.4 cm³/mol. The Hall–Kier alpha value is -1.06. The molecule has 0 amide bonds. The number of rotatable bonds is 4. The molecule has 0 aromatic heterocycles. The van der Waals surface area contributed by atoms with Crippen molar-refractivity contribution < 1.29 is 4.74 Å². The number of benzene rings is 1. The third-order valence-electron chi connectivity index (χ3n) is 3.54. The molecule has 1 aliphatic rings. The Kier molecular flexibility index (Phi) is 4.02. The Morgan fingerprint density at radius 1 is 1.35 bits per heavy atom. The summed E-state index contributed by atoms with van der Waals surface area (Å²) in [5.41, 5.74) is 8.68. The van der Waals surface area contributed by atoms with Crippen molar-refractivity contribution in [1.29, 1.82) is 0 Å². The van der Waals surface area contributed by atoms with Crippen molar-refractivity contribution in [3.8, 4) is 0 Å². The SMILES string of the molecule is CCN(CC1COCC1N)c1ccccc1C. The van der Waals surface area contributed by atoms with E-state index in [1.54, 1.807) is 0 Å². The molecule has 17 heavy (non-hydrogen) atoms. The molecule has 1 heterocycles. The highest BCUT2D eigenvalue weighted by molar-refractivity contribution is 5.52. The van der Waals surface area contributed by atoms with E-state index < -0.39 is 0 Å². The lowest BCUT2D eigenvalue weighted by Gasteiger charge is -2.28. The molecule has 0 spiro atoms. The van der Waals surface area contributed by atoms with Crippen LogP contribution < -0.4 is 10.6 Å². The maximum atomic E-state index is 6.05. The van der Waals surface area contributed by atoms with E-state index in [4.69, 9.17) is 10.5 Å². The fourth-order valence-corrected chi connectivity index (χ4v) is 2.40. The second-order valence-electron chi connectivity index (χ2n) is 4.79. The zero-order valence-electron chi connectivity index (χ0n) is 10.7. The minimum absolute atomic E-state index is 0.188. The van der Waals surface area contributed by atoms with Crippen molar-refractivity contribution in [3.63, 3.8) is 0 Å². The summed E-state index contributed by atoms with van der Waals surface area (Å²) in [4.78, 5) is 2.40. The predicted octanol–water partition coefficient (Wildman–Crippen LogP) is 1.80. The largest absolute Gasteiger partial charge is 0.379 e. The Bertz CT molecular complexity index is 367. The molecule has 0 aliphatic carbocycles. The number of aryl methyl sites for hydroxylation is 1. The molecular formula is C14H22N2O. The number of para-hydroxylation sites is 1. The van der Waals surface area contributed by atoms with Gasteiger partial charge in [0.25, 0.3) is 0 Å². The molecule has 1 aromatic rings. The molecule has 2 rings (SSSR count). The summed E-state index contributed by atoms with van der Waals surface area (Å²) in [5, 5.41) is 0. The summed E-state index contributed by atoms with van der Waals surface area (Å²) in [5.74, 6) is 0.453. The number of hydrogen-bond donors (Lipinski definition) is 1. The molecule has 94 valence electrons. The van der Waals surface area contributed by atoms with Crippen LogP contribution in [0.4, 0.5) is 5.69 Å². The second kappa shape index (κ2) is 5.52. The van der Waals surface area contributed by atoms with Gasteiger partial charge < -0.3 is 15.4 Å². The number of hydrogen-bond acceptors (Lipinski definition) is 3. The summed E-state index contributed by atoms with van der Waals surface area (Å²) >= 11 is 0. The van der Waals surface area contributed by atoms with Crippen LogP contribution in [0.15, 0.2) is 24.3 Å². The van der Waals surface area contributed by atoms with Gasteiger partial charge in [0.05, 0.1) is 13.2 Å². The van der Waals surface area contributed by atoms with Crippen molar-refractivity contribution >= 4 is 5.69 Å². The van der Waals surface area contributed by atoms with Crippen molar-refractivity contribution in [2.24, 2.45) is 11.7 Å². The minimum atomic E-state index is 0.188. The van der Waals surface area contributed by atoms with Crippen LogP contribution in [0.2, 0.25) is 0 Å². The quantitative estimate of drug-likeness (QED) is 0.863. The first kappa shape index (κ1) is 12.4. The van der Waals surface area contributed by atoms with Crippen LogP contribution in [0, 0.1) is 12.8 Å². The first-order chi connectivity index (χ1) is 8.22. The topological polar surface area (TPSA) is 38.5 Å². The normalized spacial score (nSPS) is 23.9. The molecule has 3 nitrogen and oxygen atoms in total. The molecule has 0 bridgehead atoms. The van der Waals surface area contributed by atoms with E-state index in [2.05, 4.69) is 43.0 Å². The van der Waals surface area contributed by atoms with Gasteiger partial charge in [0, 0.05) is 30.7 Å². The molecular weight excluding hydrogens is 212 g/mol. The van der Waals surface area contributed by atoms with Gasteiger partial charge in [-0.2, -0.15) is 0 Å². The maximum absolute atomic E-state index is 6.05. The van der Waals surface area contributed by atoms with Gasteiger partial charge >= 0.3 is 0 Å². The molecule has 0 saturated carbocycles. The van der Waals surface area contributed by atoms with Gasteiger partial charge in [-0.1, -0.05) is 18.2 Å². The summed E-state index contributed by atoms with van der Waals surface area (Å²) in [6.07, 6.45) is 0. The van der Waals surface area contributed by atoms with Gasteiger partial charge in [0.15, 0.2) is 0 Å². The summed E-state index contributed by atoms with van der Waals surface area (Å²) in [7, 11) is 0. The highest BCUT2D eigenvalue weighted by Gasteiger charge is 2.26. The molecule has 1 fully saturated rings. The van der Waals surface area contributed by atoms with Crippen LogP contribution in [0.25, 0.3) is 0 Å². The molecule has 1 aromatic carbocycles. The Balaban J connectivity index is 2.09. The average Bonchev–Trinajstić information content (AvgIpc) is 2.73. The molecule has 2 N–H and O–H groups in total. The van der Waals surface area contributed by atoms with E-state index in [1.807, 2.05) is 0 Å². The fraction of sp³-hybridized carbons (Fsp3) is 0.571. The van der Waals surface area contributed by atoms with Gasteiger partial charge in [0.1, 0.15) is 0 Å². The first-order valence-electron chi connectivity index (χ1n) is 6.36. The zero-order chi connectivity index (χ0) is 12.3. The number of anilines is 1. The average molecular weight is 234 g/mol. The second-order valence-corrected chi connectivity index (χ2v) is 4.79. The van der Waals surface area contributed by atoms with Crippen LogP contribution in [0.5, 0.6) is 0 Å². The first-order valence-corrected chi connectivity index (χ1v) is 6.36. The summed E-state index contributed by atoms with van der Waals surface area (Å²) in [6, 6.07) is 8.70. The van der Waals surface area contributed by atoms with E-state index in [0.29, 0.717) is 12.5 Å². The van der Waals surface area contributed by atoms with E-state index >= 15 is 0 Å². The van der Waals surface area contributed by atoms with Crippen molar-refractivity contribution in [1.82, 2.24) is 0 Å². The number of nitrogens with two attached hydrogens (primary N) is 1. The highest BCUT2D eigenvalue weighted by Crippen LogP contribution is 2.22. The lowest BCUT2D eigenvalue weighted by atomic mass is 10.0. The summed E-state index contributed by atoms with van der Waals surface area (Å²) in [6.45, 7) is 7.84. The van der Waals surface area contributed by atoms with Crippen molar-refractivity contribution in [2.75, 3.05) is 31.2 Å². The third kappa shape index (κ3) is 2.79. The van der Waals surface area contributed by atoms with Gasteiger partial charge in [-0.25, -0.2) is 0 Å². The van der Waals surface area contributed by atoms with Crippen LogP contribution in [0.3, 0.4) is 0 Å². The van der Waals surface area contributed by atoms with Crippen LogP contribution in [-0.2, 0) is 4.74 Å². The molecule has 1 saturated heterocycles. The van der Waals surface area contributed by atoms with Crippen LogP contribution in [0.1, 0.15) is 12.5 Å². The van der Waals surface area contributed by atoms with Crippen LogP contribution in [-0.4, -0.2) is 32.3 Å². The Morgan fingerprint density at radius 3 is 2.71 bits per heavy atom. The Morgan fingerprint density at radius 2 is 2.12 bits per heavy atom. The number of ether oxygens (including phenoxy) is 1. The van der Waals surface area contributed by atoms with Gasteiger partial charge in [0.2, 0.25) is 0 Å². The van der Waals surface area contributed by atoms with Crippen molar-refractivity contribution in [2.45, 2.75) is 19.9 Å².